The summed E-state index contributed by atoms with van der Waals surface area (Å²) in [5.74, 6) is -0.0585. The molecule has 0 saturated carbocycles. The van der Waals surface area contributed by atoms with Gasteiger partial charge in [-0.1, -0.05) is 30.4 Å². The molecule has 1 aromatic heterocycles. The van der Waals surface area contributed by atoms with Crippen molar-refractivity contribution in [2.75, 3.05) is 7.05 Å². The van der Waals surface area contributed by atoms with E-state index < -0.39 is 0 Å². The van der Waals surface area contributed by atoms with Gasteiger partial charge in [0.2, 0.25) is 0 Å². The summed E-state index contributed by atoms with van der Waals surface area (Å²) >= 11 is 0. The van der Waals surface area contributed by atoms with Gasteiger partial charge in [-0.2, -0.15) is 5.10 Å². The molecular formula is C18H19N3O. The average molecular weight is 293 g/mol. The van der Waals surface area contributed by atoms with Crippen LogP contribution < -0.4 is 0 Å². The SMILES string of the molecule is CC1=NN(C)C(=O)/C1=C\C=C\c1c(C)n(C)c2ccccc12. The van der Waals surface area contributed by atoms with Gasteiger partial charge in [0.25, 0.3) is 5.91 Å². The van der Waals surface area contributed by atoms with Crippen LogP contribution in [0.2, 0.25) is 0 Å². The molecule has 0 aliphatic carbocycles. The lowest BCUT2D eigenvalue weighted by molar-refractivity contribution is -0.124. The maximum Gasteiger partial charge on any atom is 0.275 e. The van der Waals surface area contributed by atoms with E-state index in [-0.39, 0.29) is 5.91 Å². The Morgan fingerprint density at radius 2 is 1.86 bits per heavy atom. The summed E-state index contributed by atoms with van der Waals surface area (Å²) in [4.78, 5) is 11.9. The van der Waals surface area contributed by atoms with Crippen LogP contribution in [0.5, 0.6) is 0 Å². The first-order valence-corrected chi connectivity index (χ1v) is 7.26. The standard InChI is InChI=1S/C18H19N3O/c1-12-14(18(22)21(4)19-12)9-7-10-15-13(2)20(3)17-11-6-5-8-16(15)17/h5-11H,1-4H3/b10-7+,14-9-. The molecule has 2 heterocycles. The van der Waals surface area contributed by atoms with Crippen LogP contribution in [0, 0.1) is 6.92 Å². The molecule has 4 nitrogen and oxygen atoms in total. The van der Waals surface area contributed by atoms with Crippen molar-refractivity contribution < 1.29 is 4.79 Å². The zero-order chi connectivity index (χ0) is 15.9. The van der Waals surface area contributed by atoms with Crippen molar-refractivity contribution in [3.8, 4) is 0 Å². The maximum absolute atomic E-state index is 11.9. The van der Waals surface area contributed by atoms with Gasteiger partial charge in [-0.05, 0) is 26.0 Å². The largest absolute Gasteiger partial charge is 0.347 e. The van der Waals surface area contributed by atoms with Crippen LogP contribution in [0.4, 0.5) is 0 Å². The number of amides is 1. The Hall–Kier alpha value is -2.62. The lowest BCUT2D eigenvalue weighted by atomic mass is 10.1. The second-order valence-corrected chi connectivity index (χ2v) is 5.53. The van der Waals surface area contributed by atoms with Gasteiger partial charge in [-0.3, -0.25) is 4.79 Å². The number of aromatic nitrogens is 1. The molecule has 0 bridgehead atoms. The molecule has 1 aliphatic heterocycles. The Morgan fingerprint density at radius 3 is 2.55 bits per heavy atom. The summed E-state index contributed by atoms with van der Waals surface area (Å²) in [6.45, 7) is 3.96. The highest BCUT2D eigenvalue weighted by molar-refractivity contribution is 6.23. The first-order valence-electron chi connectivity index (χ1n) is 7.26. The Kier molecular flexibility index (Phi) is 3.45. The summed E-state index contributed by atoms with van der Waals surface area (Å²) in [7, 11) is 3.74. The lowest BCUT2D eigenvalue weighted by Gasteiger charge is -2.00. The van der Waals surface area contributed by atoms with Crippen molar-refractivity contribution in [2.24, 2.45) is 12.1 Å². The molecule has 3 rings (SSSR count). The average Bonchev–Trinajstić information content (AvgIpc) is 2.89. The summed E-state index contributed by atoms with van der Waals surface area (Å²) in [6.07, 6.45) is 5.83. The summed E-state index contributed by atoms with van der Waals surface area (Å²) in [6, 6.07) is 8.33. The van der Waals surface area contributed by atoms with Crippen molar-refractivity contribution in [2.45, 2.75) is 13.8 Å². The van der Waals surface area contributed by atoms with Gasteiger partial charge < -0.3 is 4.57 Å². The minimum Gasteiger partial charge on any atom is -0.347 e. The molecule has 1 aromatic carbocycles. The number of allylic oxidation sites excluding steroid dienone is 2. The summed E-state index contributed by atoms with van der Waals surface area (Å²) < 4.78 is 2.18. The van der Waals surface area contributed by atoms with Gasteiger partial charge in [-0.25, -0.2) is 5.01 Å². The number of carbonyl (C=O) groups is 1. The number of hydrogen-bond acceptors (Lipinski definition) is 2. The minimum atomic E-state index is -0.0585. The quantitative estimate of drug-likeness (QED) is 0.783. The van der Waals surface area contributed by atoms with Gasteiger partial charge in [0.15, 0.2) is 0 Å². The second kappa shape index (κ2) is 5.30. The van der Waals surface area contributed by atoms with E-state index in [1.54, 1.807) is 7.05 Å². The number of aryl methyl sites for hydroxylation is 1. The van der Waals surface area contributed by atoms with E-state index in [9.17, 15) is 4.79 Å². The fourth-order valence-electron chi connectivity index (χ4n) is 2.85. The van der Waals surface area contributed by atoms with Crippen LogP contribution in [0.3, 0.4) is 0 Å². The van der Waals surface area contributed by atoms with Crippen LogP contribution in [-0.4, -0.2) is 28.2 Å². The predicted molar refractivity (Wildman–Crippen MR) is 90.7 cm³/mol. The molecule has 4 heteroatoms. The van der Waals surface area contributed by atoms with Gasteiger partial charge in [0.05, 0.1) is 11.3 Å². The van der Waals surface area contributed by atoms with Crippen molar-refractivity contribution in [3.63, 3.8) is 0 Å². The van der Waals surface area contributed by atoms with Crippen molar-refractivity contribution >= 4 is 28.6 Å². The van der Waals surface area contributed by atoms with Crippen LogP contribution in [-0.2, 0) is 11.8 Å². The molecule has 0 atom stereocenters. The summed E-state index contributed by atoms with van der Waals surface area (Å²) in [5.41, 5.74) is 5.00. The summed E-state index contributed by atoms with van der Waals surface area (Å²) in [5, 5.41) is 6.74. The number of hydrogen-bond donors (Lipinski definition) is 0. The fraction of sp³-hybridized carbons (Fsp3) is 0.222. The zero-order valence-electron chi connectivity index (χ0n) is 13.3. The van der Waals surface area contributed by atoms with E-state index in [0.717, 1.165) is 5.71 Å². The topological polar surface area (TPSA) is 37.6 Å². The number of para-hydroxylation sites is 1. The van der Waals surface area contributed by atoms with Crippen LogP contribution in [0.1, 0.15) is 18.2 Å². The number of fused-ring (bicyclic) bond motifs is 1. The van der Waals surface area contributed by atoms with Gasteiger partial charge in [0.1, 0.15) is 0 Å². The van der Waals surface area contributed by atoms with Gasteiger partial charge in [-0.15, -0.1) is 0 Å². The highest BCUT2D eigenvalue weighted by atomic mass is 16.2. The fourth-order valence-corrected chi connectivity index (χ4v) is 2.85. The number of carbonyl (C=O) groups excluding carboxylic acids is 1. The molecule has 0 fully saturated rings. The normalized spacial score (nSPS) is 17.3. The number of nitrogens with zero attached hydrogens (tertiary/aromatic N) is 3. The first kappa shape index (κ1) is 14.3. The Bertz CT molecular complexity index is 853. The predicted octanol–water partition coefficient (Wildman–Crippen LogP) is 3.27. The minimum absolute atomic E-state index is 0.0585. The molecule has 0 N–H and O–H groups in total. The van der Waals surface area contributed by atoms with E-state index in [2.05, 4.69) is 41.8 Å². The third-order valence-electron chi connectivity index (χ3n) is 4.19. The van der Waals surface area contributed by atoms with Gasteiger partial charge in [0, 0.05) is 36.3 Å². The first-order chi connectivity index (χ1) is 10.5. The maximum atomic E-state index is 11.9. The Labute approximate surface area is 130 Å². The molecular weight excluding hydrogens is 274 g/mol. The highest BCUT2D eigenvalue weighted by Gasteiger charge is 2.23. The number of likely N-dealkylation sites (N-methyl/N-ethyl adjacent to an activating group) is 1. The number of benzene rings is 1. The molecule has 1 amide bonds. The third kappa shape index (κ3) is 2.17. The van der Waals surface area contributed by atoms with Crippen LogP contribution in [0.25, 0.3) is 17.0 Å². The van der Waals surface area contributed by atoms with Crippen LogP contribution >= 0.6 is 0 Å². The van der Waals surface area contributed by atoms with Gasteiger partial charge >= 0.3 is 0 Å². The molecule has 0 saturated heterocycles. The number of rotatable bonds is 2. The van der Waals surface area contributed by atoms with E-state index in [0.29, 0.717) is 5.57 Å². The van der Waals surface area contributed by atoms with E-state index in [4.69, 9.17) is 0 Å². The van der Waals surface area contributed by atoms with E-state index in [1.165, 1.54) is 27.2 Å². The van der Waals surface area contributed by atoms with E-state index in [1.807, 2.05) is 31.2 Å². The molecule has 0 spiro atoms. The van der Waals surface area contributed by atoms with Crippen LogP contribution in [0.15, 0.2) is 47.1 Å². The Morgan fingerprint density at radius 1 is 1.14 bits per heavy atom. The highest BCUT2D eigenvalue weighted by Crippen LogP contribution is 2.26. The monoisotopic (exact) mass is 293 g/mol. The molecule has 1 aliphatic rings. The molecule has 112 valence electrons. The molecule has 2 aromatic rings. The van der Waals surface area contributed by atoms with Crippen molar-refractivity contribution in [3.05, 3.63) is 53.2 Å². The zero-order valence-corrected chi connectivity index (χ0v) is 13.3. The lowest BCUT2D eigenvalue weighted by Crippen LogP contribution is -2.16. The molecule has 0 radical (unpaired) electrons. The number of hydrazone groups is 1. The molecule has 22 heavy (non-hydrogen) atoms. The van der Waals surface area contributed by atoms with Crippen molar-refractivity contribution in [1.29, 1.82) is 0 Å². The second-order valence-electron chi connectivity index (χ2n) is 5.53. The third-order valence-corrected chi connectivity index (χ3v) is 4.19. The smallest absolute Gasteiger partial charge is 0.275 e. The van der Waals surface area contributed by atoms with Crippen molar-refractivity contribution in [1.82, 2.24) is 9.58 Å². The van der Waals surface area contributed by atoms with E-state index >= 15 is 0 Å². The molecule has 0 unspecified atom stereocenters. The Balaban J connectivity index is 1.99.